The molecule has 4 saturated heterocycles. The number of hydrogen-bond donors (Lipinski definition) is 1. The lowest BCUT2D eigenvalue weighted by molar-refractivity contribution is -0.136. The maximum absolute atomic E-state index is 13.6. The van der Waals surface area contributed by atoms with Crippen LogP contribution in [0.3, 0.4) is 0 Å². The Morgan fingerprint density at radius 3 is 2.34 bits per heavy atom. The van der Waals surface area contributed by atoms with Crippen LogP contribution in [0.1, 0.15) is 72.2 Å². The lowest BCUT2D eigenvalue weighted by Gasteiger charge is -2.45. The molecule has 0 bridgehead atoms. The quantitative estimate of drug-likeness (QED) is 0.191. The summed E-state index contributed by atoms with van der Waals surface area (Å²) in [4.78, 5) is 94.0. The minimum Gasteiger partial charge on any atom is -0.369 e. The van der Waals surface area contributed by atoms with E-state index in [0.29, 0.717) is 47.3 Å². The highest BCUT2D eigenvalue weighted by Gasteiger charge is 2.45. The lowest BCUT2D eigenvalue weighted by Crippen LogP contribution is -2.58. The zero-order valence-corrected chi connectivity index (χ0v) is 35.2. The van der Waals surface area contributed by atoms with Gasteiger partial charge in [-0.3, -0.25) is 44.1 Å². The summed E-state index contributed by atoms with van der Waals surface area (Å²) >= 11 is 0. The van der Waals surface area contributed by atoms with Crippen LogP contribution >= 0.6 is 0 Å². The number of carbonyl (C=O) groups is 5. The number of amides is 5. The van der Waals surface area contributed by atoms with Gasteiger partial charge in [0.2, 0.25) is 29.4 Å². The van der Waals surface area contributed by atoms with Crippen molar-refractivity contribution in [3.8, 4) is 0 Å². The average Bonchev–Trinajstić information content (AvgIpc) is 3.54. The van der Waals surface area contributed by atoms with Crippen molar-refractivity contribution in [1.29, 1.82) is 0 Å². The number of imide groups is 2. The number of fused-ring (bicyclic) bond motifs is 2. The number of benzene rings is 2. The van der Waals surface area contributed by atoms with Crippen LogP contribution in [-0.2, 0) is 20.8 Å². The van der Waals surface area contributed by atoms with Crippen LogP contribution in [0.4, 0.5) is 23.0 Å². The molecular weight excluding hydrogens is 787 g/mol. The molecule has 2 aromatic carbocycles. The largest absolute Gasteiger partial charge is 0.369 e. The molecule has 62 heavy (non-hydrogen) atoms. The van der Waals surface area contributed by atoms with E-state index in [4.69, 9.17) is 16.5 Å². The topological polar surface area (TPSA) is 160 Å². The van der Waals surface area contributed by atoms with Crippen LogP contribution in [0.5, 0.6) is 0 Å². The van der Waals surface area contributed by atoms with E-state index in [1.165, 1.54) is 0 Å². The zero-order chi connectivity index (χ0) is 43.1. The molecule has 2 aromatic heterocycles. The van der Waals surface area contributed by atoms with E-state index in [1.54, 1.807) is 30.7 Å². The van der Waals surface area contributed by atoms with Gasteiger partial charge in [0.25, 0.3) is 11.8 Å². The molecule has 0 saturated carbocycles. The highest BCUT2D eigenvalue weighted by Crippen LogP contribution is 2.36. The number of nitrogens with zero attached hydrogens (tertiary/aromatic N) is 10. The Bertz CT molecular complexity index is 2460. The summed E-state index contributed by atoms with van der Waals surface area (Å²) in [5, 5.41) is 3.20. The third kappa shape index (κ3) is 7.92. The van der Waals surface area contributed by atoms with Gasteiger partial charge in [-0.1, -0.05) is 12.1 Å². The van der Waals surface area contributed by atoms with Gasteiger partial charge in [-0.15, -0.1) is 0 Å². The molecule has 5 amide bonds. The van der Waals surface area contributed by atoms with Crippen molar-refractivity contribution < 1.29 is 24.0 Å². The van der Waals surface area contributed by atoms with Crippen molar-refractivity contribution in [3.05, 3.63) is 89.2 Å². The molecular formula is C46H51N11O5. The van der Waals surface area contributed by atoms with Gasteiger partial charge in [-0.25, -0.2) is 14.8 Å². The molecule has 0 radical (unpaired) electrons. The van der Waals surface area contributed by atoms with E-state index < -0.39 is 29.7 Å². The Balaban J connectivity index is 0.710. The van der Waals surface area contributed by atoms with E-state index in [-0.39, 0.29) is 37.3 Å². The Hall–Kier alpha value is -6.47. The molecule has 0 spiro atoms. The molecule has 7 heterocycles. The van der Waals surface area contributed by atoms with Gasteiger partial charge in [-0.05, 0) is 87.9 Å². The second-order valence-corrected chi connectivity index (χ2v) is 17.3. The van der Waals surface area contributed by atoms with Crippen LogP contribution in [-0.4, -0.2) is 136 Å². The fourth-order valence-corrected chi connectivity index (χ4v) is 9.84. The van der Waals surface area contributed by atoms with Gasteiger partial charge >= 0.3 is 0 Å². The van der Waals surface area contributed by atoms with E-state index in [2.05, 4.69) is 48.6 Å². The molecule has 5 aliphatic heterocycles. The van der Waals surface area contributed by atoms with E-state index in [1.807, 2.05) is 35.2 Å². The Morgan fingerprint density at radius 2 is 1.60 bits per heavy atom. The number of rotatable bonds is 9. The molecule has 5 aliphatic rings. The second-order valence-electron chi connectivity index (χ2n) is 17.3. The molecule has 3 atom stereocenters. The molecule has 320 valence electrons. The summed E-state index contributed by atoms with van der Waals surface area (Å²) in [5.74, 6) is -0.579. The first-order chi connectivity index (χ1) is 30.1. The molecule has 4 fully saturated rings. The number of pyridine rings is 1. The number of carbonyl (C=O) groups excluding carboxylic acids is 5. The minimum absolute atomic E-state index is 0.00224. The van der Waals surface area contributed by atoms with E-state index >= 15 is 0 Å². The van der Waals surface area contributed by atoms with Gasteiger partial charge in [-0.2, -0.15) is 0 Å². The molecule has 0 aliphatic carbocycles. The minimum atomic E-state index is -0.972. The highest BCUT2D eigenvalue weighted by molar-refractivity contribution is 6.23. The first-order valence-electron chi connectivity index (χ1n) is 21.8. The van der Waals surface area contributed by atoms with Crippen LogP contribution in [0.25, 0.3) is 15.7 Å². The number of aromatic nitrogens is 3. The number of piperidine rings is 2. The number of nitrogens with one attached hydrogen (secondary N) is 1. The summed E-state index contributed by atoms with van der Waals surface area (Å²) in [6.45, 7) is 19.3. The van der Waals surface area contributed by atoms with Gasteiger partial charge < -0.3 is 19.6 Å². The predicted octanol–water partition coefficient (Wildman–Crippen LogP) is 4.07. The number of anilines is 3. The Labute approximate surface area is 360 Å². The lowest BCUT2D eigenvalue weighted by atomic mass is 9.93. The smallest absolute Gasteiger partial charge is 0.262 e. The third-order valence-corrected chi connectivity index (χ3v) is 13.4. The Kier molecular flexibility index (Phi) is 11.3. The number of hydrogen-bond acceptors (Lipinski definition) is 12. The second kappa shape index (κ2) is 17.1. The third-order valence-electron chi connectivity index (χ3n) is 13.4. The van der Waals surface area contributed by atoms with Crippen molar-refractivity contribution in [2.24, 2.45) is 5.92 Å². The molecule has 4 aromatic rings. The van der Waals surface area contributed by atoms with Crippen LogP contribution in [0.2, 0.25) is 0 Å². The Morgan fingerprint density at radius 1 is 0.839 bits per heavy atom. The molecule has 9 rings (SSSR count). The summed E-state index contributed by atoms with van der Waals surface area (Å²) in [6, 6.07) is 12.2. The normalized spacial score (nSPS) is 22.6. The van der Waals surface area contributed by atoms with Crippen LogP contribution in [0.15, 0.2) is 61.1 Å². The highest BCUT2D eigenvalue weighted by atomic mass is 16.2. The van der Waals surface area contributed by atoms with Crippen LogP contribution in [0, 0.1) is 12.5 Å². The fraction of sp³-hybridized carbons (Fsp3) is 0.457. The van der Waals surface area contributed by atoms with Crippen molar-refractivity contribution >= 4 is 63.4 Å². The van der Waals surface area contributed by atoms with Crippen LogP contribution < -0.4 is 20.0 Å². The van der Waals surface area contributed by atoms with Gasteiger partial charge in [0, 0.05) is 106 Å². The standard InChI is InChI=1S/C46H51N11O5/c1-29-28-56(30(2)27-55(29)38-9-8-37(47-3)42-35(38)5-4-15-48-42)41(59)23-32-25-49-46(50-26-32)54-17-13-31(14-18-54)12-16-52-19-21-53(22-20-52)33-6-7-34-36(24-33)45(62)57(44(34)61)39-10-11-40(58)51-43(39)60/h4-9,15,24-26,29-31,39H,10-14,16-23,27-28H2,1-2H3,(H,51,58,60)/t29-,30+,39?/m0/s1. The monoisotopic (exact) mass is 837 g/mol. The molecule has 1 N–H and O–H groups in total. The number of piperazine rings is 2. The maximum Gasteiger partial charge on any atom is 0.262 e. The van der Waals surface area contributed by atoms with Gasteiger partial charge in [0.1, 0.15) is 6.04 Å². The molecule has 16 nitrogen and oxygen atoms in total. The van der Waals surface area contributed by atoms with Crippen molar-refractivity contribution in [1.82, 2.24) is 35.0 Å². The predicted molar refractivity (Wildman–Crippen MR) is 233 cm³/mol. The summed E-state index contributed by atoms with van der Waals surface area (Å²) in [6.07, 6.45) is 9.05. The maximum atomic E-state index is 13.6. The van der Waals surface area contributed by atoms with Crippen molar-refractivity contribution in [3.63, 3.8) is 0 Å². The fourth-order valence-electron chi connectivity index (χ4n) is 9.84. The van der Waals surface area contributed by atoms with E-state index in [0.717, 1.165) is 92.3 Å². The van der Waals surface area contributed by atoms with Gasteiger partial charge in [0.15, 0.2) is 0 Å². The SMILES string of the molecule is [C-]#[N+]c1ccc(N2C[C@@H](C)N(C(=O)Cc3cnc(N4CCC(CCN5CCN(c6ccc7c(c6)C(=O)N(C6CCC(=O)NC6=O)C7=O)CC5)CC4)nc3)C[C@@H]2C)c2cccnc12. The van der Waals surface area contributed by atoms with E-state index in [9.17, 15) is 24.0 Å². The van der Waals surface area contributed by atoms with Crippen molar-refractivity contribution in [2.45, 2.75) is 70.5 Å². The van der Waals surface area contributed by atoms with Crippen molar-refractivity contribution in [2.75, 3.05) is 73.6 Å². The summed E-state index contributed by atoms with van der Waals surface area (Å²) in [5.41, 5.74) is 4.57. The summed E-state index contributed by atoms with van der Waals surface area (Å²) in [7, 11) is 0. The first-order valence-corrected chi connectivity index (χ1v) is 21.8. The zero-order valence-electron chi connectivity index (χ0n) is 35.2. The first kappa shape index (κ1) is 40.9. The summed E-state index contributed by atoms with van der Waals surface area (Å²) < 4.78 is 0. The molecule has 16 heteroatoms. The average molecular weight is 838 g/mol. The molecule has 1 unspecified atom stereocenters. The van der Waals surface area contributed by atoms with Gasteiger partial charge in [0.05, 0.1) is 29.6 Å².